The molecule has 1 saturated heterocycles. The van der Waals surface area contributed by atoms with Gasteiger partial charge in [0, 0.05) is 54.1 Å². The Morgan fingerprint density at radius 3 is 2.54 bits per heavy atom. The van der Waals surface area contributed by atoms with E-state index in [0.717, 1.165) is 5.56 Å². The molecule has 4 heterocycles. The van der Waals surface area contributed by atoms with Crippen LogP contribution in [0.2, 0.25) is 5.02 Å². The minimum absolute atomic E-state index is 0.119. The molecule has 0 aliphatic carbocycles. The molecule has 8 nitrogen and oxygen atoms in total. The number of hydrogen-bond acceptors (Lipinski definition) is 5. The summed E-state index contributed by atoms with van der Waals surface area (Å²) >= 11 is 5.92. The Labute approximate surface area is 216 Å². The van der Waals surface area contributed by atoms with Crippen LogP contribution in [0.3, 0.4) is 0 Å². The van der Waals surface area contributed by atoms with E-state index in [1.807, 2.05) is 6.92 Å². The monoisotopic (exact) mass is 519 g/mol. The minimum Gasteiger partial charge on any atom is -0.348 e. The van der Waals surface area contributed by atoms with Gasteiger partial charge in [-0.25, -0.2) is 9.97 Å². The van der Waals surface area contributed by atoms with Gasteiger partial charge < -0.3 is 10.2 Å². The van der Waals surface area contributed by atoms with Crippen LogP contribution in [0.5, 0.6) is 0 Å². The fourth-order valence-electron chi connectivity index (χ4n) is 4.33. The Kier molecular flexibility index (Phi) is 6.71. The molecule has 0 atom stereocenters. The molecule has 4 aromatic rings. The molecule has 3 aromatic heterocycles. The SMILES string of the molecule is CC1CN(C(=O)Cn2c(=O)c(C(=O)NCc3ccc(Cl)cc3)cc3cc(-c4ccnc(F)c4)cnc32)C1. The summed E-state index contributed by atoms with van der Waals surface area (Å²) in [6, 6.07) is 13.0. The number of halogens is 2. The first-order chi connectivity index (χ1) is 17.8. The number of pyridine rings is 3. The van der Waals surface area contributed by atoms with Crippen molar-refractivity contribution in [1.82, 2.24) is 24.8 Å². The Hall–Kier alpha value is -4.11. The van der Waals surface area contributed by atoms with Crippen LogP contribution < -0.4 is 10.9 Å². The molecule has 37 heavy (non-hydrogen) atoms. The number of carbonyl (C=O) groups is 2. The van der Waals surface area contributed by atoms with Crippen molar-refractivity contribution in [3.63, 3.8) is 0 Å². The number of aromatic nitrogens is 3. The van der Waals surface area contributed by atoms with Gasteiger partial charge in [0.15, 0.2) is 0 Å². The maximum absolute atomic E-state index is 13.7. The lowest BCUT2D eigenvalue weighted by atomic mass is 10.0. The first kappa shape index (κ1) is 24.6. The molecule has 0 radical (unpaired) electrons. The van der Waals surface area contributed by atoms with Gasteiger partial charge in [0.05, 0.1) is 0 Å². The van der Waals surface area contributed by atoms with Gasteiger partial charge in [-0.1, -0.05) is 30.7 Å². The first-order valence-electron chi connectivity index (χ1n) is 11.7. The average Bonchev–Trinajstić information content (AvgIpc) is 2.87. The number of nitrogens with zero attached hydrogens (tertiary/aromatic N) is 4. The highest BCUT2D eigenvalue weighted by Crippen LogP contribution is 2.23. The number of hydrogen-bond donors (Lipinski definition) is 1. The Bertz CT molecular complexity index is 1570. The number of benzene rings is 1. The van der Waals surface area contributed by atoms with Crippen LogP contribution in [0.1, 0.15) is 22.8 Å². The van der Waals surface area contributed by atoms with Crippen molar-refractivity contribution in [3.8, 4) is 11.1 Å². The van der Waals surface area contributed by atoms with Crippen molar-refractivity contribution >= 4 is 34.4 Å². The predicted molar refractivity (Wildman–Crippen MR) is 138 cm³/mol. The molecule has 0 bridgehead atoms. The van der Waals surface area contributed by atoms with Crippen LogP contribution in [-0.4, -0.2) is 44.3 Å². The zero-order valence-corrected chi connectivity index (χ0v) is 20.7. The van der Waals surface area contributed by atoms with Crippen molar-refractivity contribution in [1.29, 1.82) is 0 Å². The highest BCUT2D eigenvalue weighted by molar-refractivity contribution is 6.30. The molecule has 1 aromatic carbocycles. The number of amides is 2. The second-order valence-corrected chi connectivity index (χ2v) is 9.60. The van der Waals surface area contributed by atoms with Gasteiger partial charge in [0.2, 0.25) is 11.9 Å². The molecule has 1 aliphatic heterocycles. The Morgan fingerprint density at radius 1 is 1.08 bits per heavy atom. The van der Waals surface area contributed by atoms with E-state index in [1.165, 1.54) is 29.1 Å². The molecule has 0 saturated carbocycles. The van der Waals surface area contributed by atoms with Crippen LogP contribution in [0.15, 0.2) is 65.7 Å². The van der Waals surface area contributed by atoms with E-state index in [1.54, 1.807) is 41.3 Å². The maximum atomic E-state index is 13.7. The largest absolute Gasteiger partial charge is 0.348 e. The van der Waals surface area contributed by atoms with Gasteiger partial charge in [0.1, 0.15) is 17.8 Å². The fraction of sp³-hybridized carbons (Fsp3) is 0.222. The van der Waals surface area contributed by atoms with Gasteiger partial charge in [-0.15, -0.1) is 0 Å². The summed E-state index contributed by atoms with van der Waals surface area (Å²) in [4.78, 5) is 49.1. The van der Waals surface area contributed by atoms with Crippen molar-refractivity contribution in [2.75, 3.05) is 13.1 Å². The van der Waals surface area contributed by atoms with Gasteiger partial charge in [0.25, 0.3) is 11.5 Å². The van der Waals surface area contributed by atoms with E-state index >= 15 is 0 Å². The van der Waals surface area contributed by atoms with Gasteiger partial charge in [-0.3, -0.25) is 19.0 Å². The smallest absolute Gasteiger partial charge is 0.265 e. The third-order valence-corrected chi connectivity index (χ3v) is 6.56. The maximum Gasteiger partial charge on any atom is 0.265 e. The van der Waals surface area contributed by atoms with Crippen LogP contribution in [0.25, 0.3) is 22.2 Å². The lowest BCUT2D eigenvalue weighted by Gasteiger charge is -2.37. The van der Waals surface area contributed by atoms with Crippen LogP contribution >= 0.6 is 11.6 Å². The summed E-state index contributed by atoms with van der Waals surface area (Å²) in [5, 5.41) is 3.80. The number of fused-ring (bicyclic) bond motifs is 1. The van der Waals surface area contributed by atoms with E-state index in [-0.39, 0.29) is 30.2 Å². The summed E-state index contributed by atoms with van der Waals surface area (Å²) in [5.41, 5.74) is 1.46. The summed E-state index contributed by atoms with van der Waals surface area (Å²) in [6.45, 7) is 3.24. The molecule has 188 valence electrons. The van der Waals surface area contributed by atoms with E-state index < -0.39 is 17.4 Å². The molecule has 5 rings (SSSR count). The molecule has 1 fully saturated rings. The summed E-state index contributed by atoms with van der Waals surface area (Å²) in [6.07, 6.45) is 2.85. The Balaban J connectivity index is 1.53. The number of carbonyl (C=O) groups excluding carboxylic acids is 2. The second kappa shape index (κ2) is 10.1. The predicted octanol–water partition coefficient (Wildman–Crippen LogP) is 3.66. The highest BCUT2D eigenvalue weighted by Gasteiger charge is 2.28. The van der Waals surface area contributed by atoms with Gasteiger partial charge >= 0.3 is 0 Å². The van der Waals surface area contributed by atoms with Crippen LogP contribution in [-0.2, 0) is 17.9 Å². The topological polar surface area (TPSA) is 97.2 Å². The number of rotatable bonds is 6. The zero-order valence-electron chi connectivity index (χ0n) is 19.9. The second-order valence-electron chi connectivity index (χ2n) is 9.17. The van der Waals surface area contributed by atoms with E-state index in [9.17, 15) is 18.8 Å². The van der Waals surface area contributed by atoms with Gasteiger partial charge in [-0.05, 0) is 47.4 Å². The van der Waals surface area contributed by atoms with Crippen LogP contribution in [0.4, 0.5) is 4.39 Å². The molecule has 0 spiro atoms. The highest BCUT2D eigenvalue weighted by atomic mass is 35.5. The van der Waals surface area contributed by atoms with Crippen molar-refractivity contribution in [2.45, 2.75) is 20.0 Å². The third kappa shape index (κ3) is 5.22. The van der Waals surface area contributed by atoms with Crippen molar-refractivity contribution in [3.05, 3.63) is 93.4 Å². The molecule has 0 unspecified atom stereocenters. The third-order valence-electron chi connectivity index (χ3n) is 6.31. The molecular formula is C27H23ClFN5O3. The summed E-state index contributed by atoms with van der Waals surface area (Å²) in [5.74, 6) is -1.04. The zero-order chi connectivity index (χ0) is 26.1. The molecule has 1 N–H and O–H groups in total. The molecule has 1 aliphatic rings. The number of nitrogens with one attached hydrogen (secondary N) is 1. The minimum atomic E-state index is -0.640. The molecular weight excluding hydrogens is 497 g/mol. The standard InChI is InChI=1S/C27H23ClFN5O3/c1-16-13-33(14-16)24(35)15-34-25-19(8-20(12-31-25)18-6-7-30-23(29)10-18)9-22(27(34)37)26(36)32-11-17-2-4-21(28)5-3-17/h2-10,12,16H,11,13-15H2,1H3,(H,32,36). The Morgan fingerprint density at radius 2 is 1.84 bits per heavy atom. The van der Waals surface area contributed by atoms with Crippen LogP contribution in [0, 0.1) is 11.9 Å². The van der Waals surface area contributed by atoms with E-state index in [4.69, 9.17) is 11.6 Å². The number of likely N-dealkylation sites (tertiary alicyclic amines) is 1. The average molecular weight is 520 g/mol. The quantitative estimate of drug-likeness (QED) is 0.392. The first-order valence-corrected chi connectivity index (χ1v) is 12.1. The molecule has 10 heteroatoms. The summed E-state index contributed by atoms with van der Waals surface area (Å²) < 4.78 is 14.9. The van der Waals surface area contributed by atoms with Crippen molar-refractivity contribution < 1.29 is 14.0 Å². The summed E-state index contributed by atoms with van der Waals surface area (Å²) in [7, 11) is 0. The van der Waals surface area contributed by atoms with E-state index in [0.29, 0.717) is 40.5 Å². The fourth-order valence-corrected chi connectivity index (χ4v) is 4.46. The lowest BCUT2D eigenvalue weighted by Crippen LogP contribution is -2.50. The van der Waals surface area contributed by atoms with Crippen molar-refractivity contribution in [2.24, 2.45) is 5.92 Å². The van der Waals surface area contributed by atoms with E-state index in [2.05, 4.69) is 15.3 Å². The van der Waals surface area contributed by atoms with Gasteiger partial charge in [-0.2, -0.15) is 4.39 Å². The molecule has 2 amide bonds. The lowest BCUT2D eigenvalue weighted by molar-refractivity contribution is -0.137. The normalized spacial score (nSPS) is 13.4.